The number of thiazole rings is 1. The van der Waals surface area contributed by atoms with Gasteiger partial charge in [-0.1, -0.05) is 30.3 Å². The average Bonchev–Trinajstić information content (AvgIpc) is 3.39. The van der Waals surface area contributed by atoms with Crippen LogP contribution in [0.15, 0.2) is 53.9 Å². The zero-order valence-corrected chi connectivity index (χ0v) is 16.8. The number of nitrogens with zero attached hydrogens (tertiary/aromatic N) is 2. The van der Waals surface area contributed by atoms with Crippen molar-refractivity contribution in [2.24, 2.45) is 0 Å². The second-order valence-corrected chi connectivity index (χ2v) is 7.50. The number of fused-ring (bicyclic) bond motifs is 1. The number of rotatable bonds is 6. The summed E-state index contributed by atoms with van der Waals surface area (Å²) in [5, 5.41) is 2.63. The van der Waals surface area contributed by atoms with Crippen LogP contribution in [0.25, 0.3) is 10.6 Å². The Morgan fingerprint density at radius 2 is 2.03 bits per heavy atom. The van der Waals surface area contributed by atoms with Crippen molar-refractivity contribution in [2.45, 2.75) is 12.8 Å². The monoisotopic (exact) mass is 408 g/mol. The molecular formula is C22H20N2O4S. The van der Waals surface area contributed by atoms with E-state index in [1.165, 1.54) is 11.3 Å². The molecule has 1 aliphatic heterocycles. The van der Waals surface area contributed by atoms with Crippen molar-refractivity contribution in [1.82, 2.24) is 4.98 Å². The molecule has 0 saturated carbocycles. The second-order valence-electron chi connectivity index (χ2n) is 6.64. The number of benzene rings is 2. The highest BCUT2D eigenvalue weighted by molar-refractivity contribution is 7.13. The van der Waals surface area contributed by atoms with Gasteiger partial charge in [0.25, 0.3) is 5.91 Å². The number of carbonyl (C=O) groups is 2. The maximum atomic E-state index is 12.4. The van der Waals surface area contributed by atoms with Crippen LogP contribution in [0.2, 0.25) is 0 Å². The molecule has 4 rings (SSSR count). The number of esters is 1. The molecule has 29 heavy (non-hydrogen) atoms. The van der Waals surface area contributed by atoms with Crippen LogP contribution in [0.1, 0.15) is 11.3 Å². The van der Waals surface area contributed by atoms with Gasteiger partial charge in [-0.15, -0.1) is 11.3 Å². The predicted molar refractivity (Wildman–Crippen MR) is 111 cm³/mol. The first-order valence-electron chi connectivity index (χ1n) is 9.27. The van der Waals surface area contributed by atoms with Crippen molar-refractivity contribution < 1.29 is 19.1 Å². The maximum Gasteiger partial charge on any atom is 0.312 e. The third-order valence-corrected chi connectivity index (χ3v) is 5.68. The van der Waals surface area contributed by atoms with Crippen molar-refractivity contribution in [3.63, 3.8) is 0 Å². The largest absolute Gasteiger partial charge is 0.497 e. The molecule has 2 aromatic carbocycles. The molecule has 0 spiro atoms. The van der Waals surface area contributed by atoms with Gasteiger partial charge >= 0.3 is 5.97 Å². The molecule has 0 unspecified atom stereocenters. The van der Waals surface area contributed by atoms with E-state index < -0.39 is 5.97 Å². The molecule has 1 amide bonds. The smallest absolute Gasteiger partial charge is 0.312 e. The normalized spacial score (nSPS) is 12.5. The van der Waals surface area contributed by atoms with Gasteiger partial charge in [0.2, 0.25) is 0 Å². The summed E-state index contributed by atoms with van der Waals surface area (Å²) >= 11 is 1.45. The van der Waals surface area contributed by atoms with Crippen molar-refractivity contribution in [3.8, 4) is 16.3 Å². The fourth-order valence-corrected chi connectivity index (χ4v) is 4.11. The Labute approximate surface area is 172 Å². The lowest BCUT2D eigenvalue weighted by Gasteiger charge is -2.17. The fraction of sp³-hybridized carbons (Fsp3) is 0.227. The van der Waals surface area contributed by atoms with Crippen LogP contribution < -0.4 is 9.64 Å². The Bertz CT molecular complexity index is 1050. The summed E-state index contributed by atoms with van der Waals surface area (Å²) in [5.41, 5.74) is 3.59. The van der Waals surface area contributed by atoms with E-state index in [0.29, 0.717) is 12.2 Å². The van der Waals surface area contributed by atoms with E-state index in [0.717, 1.165) is 34.0 Å². The van der Waals surface area contributed by atoms with Gasteiger partial charge < -0.3 is 14.4 Å². The van der Waals surface area contributed by atoms with E-state index >= 15 is 0 Å². The number of ether oxygens (including phenoxy) is 2. The number of hydrogen-bond donors (Lipinski definition) is 0. The number of anilines is 1. The summed E-state index contributed by atoms with van der Waals surface area (Å²) in [5.74, 6) is 0.0765. The lowest BCUT2D eigenvalue weighted by molar-refractivity contribution is -0.147. The highest BCUT2D eigenvalue weighted by atomic mass is 32.1. The summed E-state index contributed by atoms with van der Waals surface area (Å²) in [6, 6.07) is 15.4. The number of amides is 1. The molecule has 0 bridgehead atoms. The van der Waals surface area contributed by atoms with Crippen LogP contribution in [0, 0.1) is 0 Å². The number of methoxy groups -OCH3 is 1. The van der Waals surface area contributed by atoms with E-state index in [4.69, 9.17) is 9.47 Å². The number of hydrogen-bond acceptors (Lipinski definition) is 6. The Morgan fingerprint density at radius 3 is 2.90 bits per heavy atom. The minimum atomic E-state index is -0.465. The van der Waals surface area contributed by atoms with Gasteiger partial charge in [-0.2, -0.15) is 0 Å². The van der Waals surface area contributed by atoms with Gasteiger partial charge in [0, 0.05) is 23.2 Å². The van der Waals surface area contributed by atoms with E-state index in [9.17, 15) is 9.59 Å². The maximum absolute atomic E-state index is 12.4. The number of carbonyl (C=O) groups excluding carboxylic acids is 2. The topological polar surface area (TPSA) is 68.7 Å². The summed E-state index contributed by atoms with van der Waals surface area (Å²) in [6.45, 7) is 0.353. The van der Waals surface area contributed by atoms with Gasteiger partial charge in [0.05, 0.1) is 19.2 Å². The third-order valence-electron chi connectivity index (χ3n) is 4.74. The minimum absolute atomic E-state index is 0.0321. The highest BCUT2D eigenvalue weighted by Crippen LogP contribution is 2.28. The van der Waals surface area contributed by atoms with Gasteiger partial charge in [0.1, 0.15) is 10.8 Å². The first kappa shape index (κ1) is 19.1. The molecular weight excluding hydrogens is 388 g/mol. The molecule has 0 fully saturated rings. The molecule has 0 N–H and O–H groups in total. The molecule has 1 aromatic heterocycles. The van der Waals surface area contributed by atoms with E-state index in [1.807, 2.05) is 53.9 Å². The Morgan fingerprint density at radius 1 is 1.17 bits per heavy atom. The Hall–Kier alpha value is -3.19. The quantitative estimate of drug-likeness (QED) is 0.584. The molecule has 148 valence electrons. The van der Waals surface area contributed by atoms with Gasteiger partial charge in [0.15, 0.2) is 6.61 Å². The first-order chi connectivity index (χ1) is 14.1. The van der Waals surface area contributed by atoms with Crippen LogP contribution in [0.5, 0.6) is 5.75 Å². The van der Waals surface area contributed by atoms with E-state index in [1.54, 1.807) is 12.0 Å². The standard InChI is InChI=1S/C22H20N2O4S/c1-27-18-7-4-6-16(11-18)22-23-17(14-29-22)12-21(26)28-13-20(25)24-10-9-15-5-2-3-8-19(15)24/h2-8,11,14H,9-10,12-13H2,1H3. The summed E-state index contributed by atoms with van der Waals surface area (Å²) < 4.78 is 10.4. The third kappa shape index (κ3) is 4.30. The van der Waals surface area contributed by atoms with Crippen LogP contribution in [-0.2, 0) is 27.2 Å². The Kier molecular flexibility index (Phi) is 5.57. The molecule has 6 nitrogen and oxygen atoms in total. The van der Waals surface area contributed by atoms with Crippen molar-refractivity contribution in [3.05, 3.63) is 65.2 Å². The van der Waals surface area contributed by atoms with E-state index in [2.05, 4.69) is 4.98 Å². The molecule has 0 aliphatic carbocycles. The van der Waals surface area contributed by atoms with Crippen molar-refractivity contribution >= 4 is 28.9 Å². The molecule has 3 aromatic rings. The molecule has 7 heteroatoms. The van der Waals surface area contributed by atoms with Gasteiger partial charge in [-0.05, 0) is 30.2 Å². The van der Waals surface area contributed by atoms with Gasteiger partial charge in [-0.3, -0.25) is 9.59 Å². The average molecular weight is 408 g/mol. The van der Waals surface area contributed by atoms with Crippen LogP contribution in [-0.4, -0.2) is 37.1 Å². The first-order valence-corrected chi connectivity index (χ1v) is 10.1. The lowest BCUT2D eigenvalue weighted by atomic mass is 10.2. The highest BCUT2D eigenvalue weighted by Gasteiger charge is 2.25. The molecule has 0 radical (unpaired) electrons. The SMILES string of the molecule is COc1cccc(-c2nc(CC(=O)OCC(=O)N3CCc4ccccc43)cs2)c1. The van der Waals surface area contributed by atoms with Crippen LogP contribution >= 0.6 is 11.3 Å². The van der Waals surface area contributed by atoms with Crippen molar-refractivity contribution in [2.75, 3.05) is 25.2 Å². The fourth-order valence-electron chi connectivity index (χ4n) is 3.29. The molecule has 2 heterocycles. The van der Waals surface area contributed by atoms with Crippen molar-refractivity contribution in [1.29, 1.82) is 0 Å². The molecule has 1 aliphatic rings. The van der Waals surface area contributed by atoms with Crippen LogP contribution in [0.3, 0.4) is 0 Å². The summed E-state index contributed by atoms with van der Waals surface area (Å²) in [6.07, 6.45) is 0.853. The summed E-state index contributed by atoms with van der Waals surface area (Å²) in [4.78, 5) is 30.8. The lowest BCUT2D eigenvalue weighted by Crippen LogP contribution is -2.33. The zero-order chi connectivity index (χ0) is 20.2. The van der Waals surface area contributed by atoms with Gasteiger partial charge in [-0.25, -0.2) is 4.98 Å². The summed E-state index contributed by atoms with van der Waals surface area (Å²) in [7, 11) is 1.62. The number of para-hydroxylation sites is 1. The predicted octanol–water partition coefficient (Wildman–Crippen LogP) is 3.49. The van der Waals surface area contributed by atoms with E-state index in [-0.39, 0.29) is 18.9 Å². The van der Waals surface area contributed by atoms with Crippen LogP contribution in [0.4, 0.5) is 5.69 Å². The minimum Gasteiger partial charge on any atom is -0.497 e. The molecule has 0 atom stereocenters. The second kappa shape index (κ2) is 8.45. The Balaban J connectivity index is 1.32. The molecule has 0 saturated heterocycles. The zero-order valence-electron chi connectivity index (χ0n) is 16.0. The number of aromatic nitrogens is 1.